The summed E-state index contributed by atoms with van der Waals surface area (Å²) in [6.07, 6.45) is 2.42. The predicted octanol–water partition coefficient (Wildman–Crippen LogP) is 1.000. The average Bonchev–Trinajstić information content (AvgIpc) is 2.37. The Balaban J connectivity index is 2.63. The zero-order valence-electron chi connectivity index (χ0n) is 11.0. The fourth-order valence-corrected chi connectivity index (χ4v) is 1.62. The van der Waals surface area contributed by atoms with Gasteiger partial charge in [0.25, 0.3) is 5.91 Å². The highest BCUT2D eigenvalue weighted by Gasteiger charge is 2.20. The smallest absolute Gasteiger partial charge is 0.326 e. The van der Waals surface area contributed by atoms with Gasteiger partial charge in [0.05, 0.1) is 0 Å². The van der Waals surface area contributed by atoms with Crippen molar-refractivity contribution in [3.8, 4) is 0 Å². The number of aliphatic carboxylic acids is 1. The molecule has 1 aromatic rings. The summed E-state index contributed by atoms with van der Waals surface area (Å²) in [5.41, 5.74) is 1.12. The van der Waals surface area contributed by atoms with Crippen molar-refractivity contribution in [2.75, 3.05) is 13.7 Å². The fraction of sp³-hybridized carbons (Fsp3) is 0.462. The first-order valence-electron chi connectivity index (χ1n) is 6.00. The van der Waals surface area contributed by atoms with Gasteiger partial charge in [-0.15, -0.1) is 0 Å². The minimum absolute atomic E-state index is 0.332. The highest BCUT2D eigenvalue weighted by Crippen LogP contribution is 2.04. The van der Waals surface area contributed by atoms with E-state index in [2.05, 4.69) is 10.3 Å². The zero-order valence-corrected chi connectivity index (χ0v) is 11.0. The molecule has 0 radical (unpaired) electrons. The second kappa shape index (κ2) is 7.48. The molecule has 1 amide bonds. The molecule has 104 valence electrons. The van der Waals surface area contributed by atoms with Crippen LogP contribution < -0.4 is 5.32 Å². The predicted molar refractivity (Wildman–Crippen MR) is 69.0 cm³/mol. The van der Waals surface area contributed by atoms with E-state index in [1.54, 1.807) is 26.2 Å². The van der Waals surface area contributed by atoms with Crippen molar-refractivity contribution in [1.29, 1.82) is 0 Å². The molecule has 1 aromatic heterocycles. The number of aryl methyl sites for hydroxylation is 1. The van der Waals surface area contributed by atoms with Crippen LogP contribution in [0.1, 0.15) is 28.9 Å². The minimum atomic E-state index is -1.05. The molecule has 0 aliphatic carbocycles. The Kier molecular flexibility index (Phi) is 5.95. The molecule has 6 nitrogen and oxygen atoms in total. The second-order valence-corrected chi connectivity index (χ2v) is 4.19. The lowest BCUT2D eigenvalue weighted by Crippen LogP contribution is -2.40. The Hall–Kier alpha value is -1.95. The number of carbonyl (C=O) groups excluding carboxylic acids is 1. The molecule has 1 atom stereocenters. The number of nitrogens with one attached hydrogen (secondary N) is 1. The van der Waals surface area contributed by atoms with Crippen molar-refractivity contribution in [3.05, 3.63) is 29.6 Å². The van der Waals surface area contributed by atoms with Crippen molar-refractivity contribution in [2.24, 2.45) is 0 Å². The number of amides is 1. The molecule has 6 heteroatoms. The Morgan fingerprint density at radius 2 is 2.26 bits per heavy atom. The number of rotatable bonds is 7. The summed E-state index contributed by atoms with van der Waals surface area (Å²) in [4.78, 5) is 27.0. The van der Waals surface area contributed by atoms with Gasteiger partial charge in [-0.05, 0) is 31.9 Å². The van der Waals surface area contributed by atoms with Crippen LogP contribution in [-0.2, 0) is 9.53 Å². The van der Waals surface area contributed by atoms with Gasteiger partial charge in [0.2, 0.25) is 0 Å². The van der Waals surface area contributed by atoms with Gasteiger partial charge in [-0.3, -0.25) is 9.78 Å². The molecule has 0 saturated carbocycles. The monoisotopic (exact) mass is 266 g/mol. The van der Waals surface area contributed by atoms with E-state index in [4.69, 9.17) is 9.84 Å². The van der Waals surface area contributed by atoms with Gasteiger partial charge in [0, 0.05) is 31.2 Å². The van der Waals surface area contributed by atoms with Gasteiger partial charge in [-0.25, -0.2) is 4.79 Å². The number of hydrogen-bond donors (Lipinski definition) is 2. The normalized spacial score (nSPS) is 11.9. The van der Waals surface area contributed by atoms with E-state index in [0.29, 0.717) is 30.7 Å². The molecule has 1 rings (SSSR count). The first-order valence-corrected chi connectivity index (χ1v) is 6.00. The number of aromatic nitrogens is 1. The van der Waals surface area contributed by atoms with Gasteiger partial charge >= 0.3 is 5.97 Å². The first-order chi connectivity index (χ1) is 9.04. The van der Waals surface area contributed by atoms with Crippen LogP contribution in [0.2, 0.25) is 0 Å². The molecule has 0 bridgehead atoms. The summed E-state index contributed by atoms with van der Waals surface area (Å²) >= 11 is 0. The summed E-state index contributed by atoms with van der Waals surface area (Å²) in [5, 5.41) is 11.6. The summed E-state index contributed by atoms with van der Waals surface area (Å²) in [6, 6.07) is 2.26. The van der Waals surface area contributed by atoms with E-state index in [9.17, 15) is 9.59 Å². The van der Waals surface area contributed by atoms with Crippen LogP contribution in [0.25, 0.3) is 0 Å². The number of ether oxygens (including phenoxy) is 1. The zero-order chi connectivity index (χ0) is 14.3. The summed E-state index contributed by atoms with van der Waals surface area (Å²) < 4.78 is 4.86. The quantitative estimate of drug-likeness (QED) is 0.719. The molecule has 0 spiro atoms. The topological polar surface area (TPSA) is 88.5 Å². The standard InChI is InChI=1S/C13H18N2O4/c1-9-8-10(5-6-14-9)12(16)15-11(13(17)18)4-3-7-19-2/h5-6,8,11H,3-4,7H2,1-2H3,(H,15,16)(H,17,18). The molecule has 0 saturated heterocycles. The van der Waals surface area contributed by atoms with Gasteiger partial charge in [-0.1, -0.05) is 0 Å². The molecule has 1 unspecified atom stereocenters. The lowest BCUT2D eigenvalue weighted by Gasteiger charge is -2.14. The van der Waals surface area contributed by atoms with Crippen LogP contribution >= 0.6 is 0 Å². The maximum absolute atomic E-state index is 11.9. The van der Waals surface area contributed by atoms with Gasteiger partial charge in [0.15, 0.2) is 0 Å². The maximum atomic E-state index is 11.9. The van der Waals surface area contributed by atoms with Crippen molar-refractivity contribution < 1.29 is 19.4 Å². The van der Waals surface area contributed by atoms with Gasteiger partial charge < -0.3 is 15.2 Å². The Morgan fingerprint density at radius 1 is 1.53 bits per heavy atom. The van der Waals surface area contributed by atoms with Gasteiger partial charge in [-0.2, -0.15) is 0 Å². The van der Waals surface area contributed by atoms with E-state index >= 15 is 0 Å². The van der Waals surface area contributed by atoms with E-state index < -0.39 is 17.9 Å². The summed E-state index contributed by atoms with van der Waals surface area (Å²) in [6.45, 7) is 2.23. The molecule has 0 aromatic carbocycles. The summed E-state index contributed by atoms with van der Waals surface area (Å²) in [7, 11) is 1.55. The van der Waals surface area contributed by atoms with Crippen molar-refractivity contribution in [3.63, 3.8) is 0 Å². The lowest BCUT2D eigenvalue weighted by atomic mass is 10.1. The fourth-order valence-electron chi connectivity index (χ4n) is 1.62. The van der Waals surface area contributed by atoms with Crippen molar-refractivity contribution in [2.45, 2.75) is 25.8 Å². The van der Waals surface area contributed by atoms with Crippen molar-refractivity contribution >= 4 is 11.9 Å². The molecule has 2 N–H and O–H groups in total. The van der Waals surface area contributed by atoms with E-state index in [0.717, 1.165) is 0 Å². The van der Waals surface area contributed by atoms with Crippen LogP contribution in [-0.4, -0.2) is 41.7 Å². The van der Waals surface area contributed by atoms with Crippen LogP contribution in [0.4, 0.5) is 0 Å². The highest BCUT2D eigenvalue weighted by molar-refractivity contribution is 5.96. The van der Waals surface area contributed by atoms with Crippen LogP contribution in [0.3, 0.4) is 0 Å². The van der Waals surface area contributed by atoms with Crippen LogP contribution in [0.5, 0.6) is 0 Å². The molecule has 0 aliphatic heterocycles. The maximum Gasteiger partial charge on any atom is 0.326 e. The highest BCUT2D eigenvalue weighted by atomic mass is 16.5. The van der Waals surface area contributed by atoms with E-state index in [-0.39, 0.29) is 0 Å². The van der Waals surface area contributed by atoms with Crippen LogP contribution in [0.15, 0.2) is 18.3 Å². The number of hydrogen-bond acceptors (Lipinski definition) is 4. The molecule has 19 heavy (non-hydrogen) atoms. The Morgan fingerprint density at radius 3 is 2.84 bits per heavy atom. The number of carboxylic acids is 1. The number of methoxy groups -OCH3 is 1. The lowest BCUT2D eigenvalue weighted by molar-refractivity contribution is -0.139. The number of nitrogens with zero attached hydrogens (tertiary/aromatic N) is 1. The first kappa shape index (κ1) is 15.1. The third-order valence-electron chi connectivity index (χ3n) is 2.60. The molecule has 0 aliphatic rings. The Labute approximate surface area is 111 Å². The van der Waals surface area contributed by atoms with E-state index in [1.165, 1.54) is 6.20 Å². The number of carbonyl (C=O) groups is 2. The third-order valence-corrected chi connectivity index (χ3v) is 2.60. The SMILES string of the molecule is COCCCC(NC(=O)c1ccnc(C)c1)C(=O)O. The molecule has 0 fully saturated rings. The second-order valence-electron chi connectivity index (χ2n) is 4.19. The largest absolute Gasteiger partial charge is 0.480 e. The average molecular weight is 266 g/mol. The van der Waals surface area contributed by atoms with E-state index in [1.807, 2.05) is 0 Å². The molecular weight excluding hydrogens is 248 g/mol. The van der Waals surface area contributed by atoms with Crippen molar-refractivity contribution in [1.82, 2.24) is 10.3 Å². The summed E-state index contributed by atoms with van der Waals surface area (Å²) in [5.74, 6) is -1.45. The van der Waals surface area contributed by atoms with Gasteiger partial charge in [0.1, 0.15) is 6.04 Å². The minimum Gasteiger partial charge on any atom is -0.480 e. The Bertz CT molecular complexity index is 448. The molecular formula is C13H18N2O4. The number of carboxylic acid groups (broad SMARTS) is 1. The molecule has 1 heterocycles. The number of pyridine rings is 1. The third kappa shape index (κ3) is 5.05. The van der Waals surface area contributed by atoms with Crippen LogP contribution in [0, 0.1) is 6.92 Å².